The van der Waals surface area contributed by atoms with Gasteiger partial charge in [0.1, 0.15) is 11.2 Å². The number of rotatable bonds is 5. The highest BCUT2D eigenvalue weighted by atomic mass is 16.3. The summed E-state index contributed by atoms with van der Waals surface area (Å²) in [6, 6.07) is 42.6. The molecule has 2 nitrogen and oxygen atoms in total. The fourth-order valence-corrected chi connectivity index (χ4v) is 4.96. The molecule has 170 valence electrons. The Balaban J connectivity index is 1.40. The van der Waals surface area contributed by atoms with Gasteiger partial charge < -0.3 is 9.73 Å². The smallest absolute Gasteiger partial charge is 0.135 e. The van der Waals surface area contributed by atoms with Crippen molar-refractivity contribution in [1.29, 1.82) is 0 Å². The van der Waals surface area contributed by atoms with Crippen LogP contribution in [0.2, 0.25) is 0 Å². The third-order valence-corrected chi connectivity index (χ3v) is 6.95. The van der Waals surface area contributed by atoms with E-state index in [2.05, 4.69) is 122 Å². The van der Waals surface area contributed by atoms with Gasteiger partial charge in [-0.1, -0.05) is 98.8 Å². The number of hydrogen-bond donors (Lipinski definition) is 1. The number of hydrogen-bond acceptors (Lipinski definition) is 2. The largest absolute Gasteiger partial charge is 0.456 e. The minimum absolute atomic E-state index is 0.194. The zero-order valence-electron chi connectivity index (χ0n) is 20.0. The van der Waals surface area contributed by atoms with Gasteiger partial charge in [-0.15, -0.1) is 0 Å². The van der Waals surface area contributed by atoms with Crippen LogP contribution < -0.4 is 5.32 Å². The van der Waals surface area contributed by atoms with Crippen molar-refractivity contribution in [3.63, 3.8) is 0 Å². The molecule has 35 heavy (non-hydrogen) atoms. The van der Waals surface area contributed by atoms with Gasteiger partial charge in [0, 0.05) is 27.6 Å². The summed E-state index contributed by atoms with van der Waals surface area (Å²) in [6.45, 7) is 4.59. The second kappa shape index (κ2) is 8.48. The van der Waals surface area contributed by atoms with E-state index in [1.165, 1.54) is 22.3 Å². The summed E-state index contributed by atoms with van der Waals surface area (Å²) < 4.78 is 6.03. The van der Waals surface area contributed by atoms with Gasteiger partial charge in [-0.25, -0.2) is 0 Å². The first-order valence-electron chi connectivity index (χ1n) is 12.0. The standard InChI is InChI=1S/C33H27NO/c1-33(2,29-16-7-8-17-30(29)34-26-13-4-3-5-14-26)25-12-10-11-23(21-25)24-19-20-32-28(22-24)27-15-6-9-18-31(27)35-32/h3-22,34H,1-2H3. The van der Waals surface area contributed by atoms with Gasteiger partial charge in [-0.2, -0.15) is 0 Å². The molecule has 0 unspecified atom stereocenters. The summed E-state index contributed by atoms with van der Waals surface area (Å²) in [5.74, 6) is 0. The number of furan rings is 1. The average Bonchev–Trinajstić information content (AvgIpc) is 3.28. The molecule has 6 aromatic rings. The summed E-state index contributed by atoms with van der Waals surface area (Å²) in [7, 11) is 0. The van der Waals surface area contributed by atoms with E-state index in [0.29, 0.717) is 0 Å². The molecule has 0 saturated carbocycles. The Morgan fingerprint density at radius 3 is 2.17 bits per heavy atom. The van der Waals surface area contributed by atoms with Crippen molar-refractivity contribution in [2.24, 2.45) is 0 Å². The van der Waals surface area contributed by atoms with E-state index in [-0.39, 0.29) is 5.41 Å². The molecule has 1 aromatic heterocycles. The highest BCUT2D eigenvalue weighted by Gasteiger charge is 2.26. The van der Waals surface area contributed by atoms with Gasteiger partial charge in [0.25, 0.3) is 0 Å². The first-order valence-corrected chi connectivity index (χ1v) is 12.0. The van der Waals surface area contributed by atoms with Crippen molar-refractivity contribution in [2.45, 2.75) is 19.3 Å². The van der Waals surface area contributed by atoms with Gasteiger partial charge in [-0.05, 0) is 58.7 Å². The summed E-state index contributed by atoms with van der Waals surface area (Å²) in [5.41, 5.74) is 8.80. The molecule has 0 aliphatic carbocycles. The topological polar surface area (TPSA) is 25.2 Å². The zero-order valence-corrected chi connectivity index (χ0v) is 20.0. The maximum atomic E-state index is 6.03. The minimum Gasteiger partial charge on any atom is -0.456 e. The van der Waals surface area contributed by atoms with Crippen LogP contribution in [0.5, 0.6) is 0 Å². The molecule has 6 rings (SSSR count). The van der Waals surface area contributed by atoms with Crippen molar-refractivity contribution in [1.82, 2.24) is 0 Å². The lowest BCUT2D eigenvalue weighted by Crippen LogP contribution is -2.20. The van der Waals surface area contributed by atoms with Crippen LogP contribution >= 0.6 is 0 Å². The van der Waals surface area contributed by atoms with Crippen molar-refractivity contribution in [3.05, 3.63) is 132 Å². The lowest BCUT2D eigenvalue weighted by Gasteiger charge is -2.29. The number of nitrogens with one attached hydrogen (secondary N) is 1. The summed E-state index contributed by atoms with van der Waals surface area (Å²) in [5, 5.41) is 5.93. The molecule has 1 N–H and O–H groups in total. The number of fused-ring (bicyclic) bond motifs is 3. The Morgan fingerprint density at radius 2 is 1.29 bits per heavy atom. The van der Waals surface area contributed by atoms with E-state index >= 15 is 0 Å². The molecule has 5 aromatic carbocycles. The van der Waals surface area contributed by atoms with Crippen LogP contribution in [0, 0.1) is 0 Å². The van der Waals surface area contributed by atoms with Crippen LogP contribution in [-0.2, 0) is 5.41 Å². The van der Waals surface area contributed by atoms with Crippen LogP contribution in [-0.4, -0.2) is 0 Å². The van der Waals surface area contributed by atoms with Crippen LogP contribution in [0.15, 0.2) is 126 Å². The van der Waals surface area contributed by atoms with Crippen LogP contribution in [0.25, 0.3) is 33.1 Å². The first kappa shape index (κ1) is 21.2. The highest BCUT2D eigenvalue weighted by Crippen LogP contribution is 2.39. The van der Waals surface area contributed by atoms with E-state index in [1.54, 1.807) is 0 Å². The van der Waals surface area contributed by atoms with Crippen molar-refractivity contribution in [2.75, 3.05) is 5.32 Å². The highest BCUT2D eigenvalue weighted by molar-refractivity contribution is 6.06. The van der Waals surface area contributed by atoms with E-state index in [1.807, 2.05) is 18.2 Å². The molecule has 0 radical (unpaired) electrons. The fraction of sp³-hybridized carbons (Fsp3) is 0.0909. The lowest BCUT2D eigenvalue weighted by molar-refractivity contribution is 0.643. The Morgan fingerprint density at radius 1 is 0.571 bits per heavy atom. The molecule has 0 aliphatic heterocycles. The summed E-state index contributed by atoms with van der Waals surface area (Å²) in [4.78, 5) is 0. The molecule has 0 spiro atoms. The molecule has 0 saturated heterocycles. The number of benzene rings is 5. The molecule has 1 heterocycles. The van der Waals surface area contributed by atoms with Crippen LogP contribution in [0.1, 0.15) is 25.0 Å². The van der Waals surface area contributed by atoms with Gasteiger partial charge >= 0.3 is 0 Å². The third kappa shape index (κ3) is 3.87. The van der Waals surface area contributed by atoms with Crippen LogP contribution in [0.3, 0.4) is 0 Å². The van der Waals surface area contributed by atoms with E-state index < -0.39 is 0 Å². The van der Waals surface area contributed by atoms with E-state index in [9.17, 15) is 0 Å². The summed E-state index contributed by atoms with van der Waals surface area (Å²) in [6.07, 6.45) is 0. The Bertz CT molecular complexity index is 1640. The molecular formula is C33H27NO. The second-order valence-electron chi connectivity index (χ2n) is 9.55. The molecular weight excluding hydrogens is 426 g/mol. The Hall–Kier alpha value is -4.30. The van der Waals surface area contributed by atoms with Crippen molar-refractivity contribution >= 4 is 33.3 Å². The first-order chi connectivity index (χ1) is 17.1. The molecule has 2 heteroatoms. The number of anilines is 2. The SMILES string of the molecule is CC(C)(c1cccc(-c2ccc3oc4ccccc4c3c2)c1)c1ccccc1Nc1ccccc1. The quantitative estimate of drug-likeness (QED) is 0.281. The maximum absolute atomic E-state index is 6.03. The summed E-state index contributed by atoms with van der Waals surface area (Å²) >= 11 is 0. The predicted molar refractivity (Wildman–Crippen MR) is 147 cm³/mol. The Kier molecular flexibility index (Phi) is 5.15. The minimum atomic E-state index is -0.194. The van der Waals surface area contributed by atoms with Gasteiger partial charge in [0.15, 0.2) is 0 Å². The van der Waals surface area contributed by atoms with Crippen molar-refractivity contribution in [3.8, 4) is 11.1 Å². The Labute approximate surface area is 205 Å². The zero-order chi connectivity index (χ0) is 23.8. The van der Waals surface area contributed by atoms with Gasteiger partial charge in [0.2, 0.25) is 0 Å². The normalized spacial score (nSPS) is 11.7. The molecule has 0 bridgehead atoms. The molecule has 0 atom stereocenters. The van der Waals surface area contributed by atoms with Crippen molar-refractivity contribution < 1.29 is 4.42 Å². The fourth-order valence-electron chi connectivity index (χ4n) is 4.96. The van der Waals surface area contributed by atoms with E-state index in [0.717, 1.165) is 33.3 Å². The lowest BCUT2D eigenvalue weighted by atomic mass is 9.76. The second-order valence-corrected chi connectivity index (χ2v) is 9.55. The van der Waals surface area contributed by atoms with Gasteiger partial charge in [0.05, 0.1) is 0 Å². The average molecular weight is 454 g/mol. The molecule has 0 amide bonds. The molecule has 0 fully saturated rings. The molecule has 0 aliphatic rings. The predicted octanol–water partition coefficient (Wildman–Crippen LogP) is 9.32. The van der Waals surface area contributed by atoms with Crippen LogP contribution in [0.4, 0.5) is 11.4 Å². The number of para-hydroxylation sites is 3. The monoisotopic (exact) mass is 453 g/mol. The van der Waals surface area contributed by atoms with Gasteiger partial charge in [-0.3, -0.25) is 0 Å². The maximum Gasteiger partial charge on any atom is 0.135 e. The third-order valence-electron chi connectivity index (χ3n) is 6.95. The van der Waals surface area contributed by atoms with E-state index in [4.69, 9.17) is 4.42 Å².